The quantitative estimate of drug-likeness (QED) is 0.534. The van der Waals surface area contributed by atoms with Crippen molar-refractivity contribution in [2.24, 2.45) is 5.73 Å². The fourth-order valence-corrected chi connectivity index (χ4v) is 5.61. The summed E-state index contributed by atoms with van der Waals surface area (Å²) in [6, 6.07) is 14.7. The van der Waals surface area contributed by atoms with E-state index in [0.29, 0.717) is 17.3 Å². The van der Waals surface area contributed by atoms with E-state index in [2.05, 4.69) is 26.7 Å². The molecule has 1 aliphatic heterocycles. The second kappa shape index (κ2) is 9.54. The number of hydrogen-bond donors (Lipinski definition) is 2. The number of piperidine rings is 1. The summed E-state index contributed by atoms with van der Waals surface area (Å²) < 4.78 is 33.5. The molecule has 10 heteroatoms. The van der Waals surface area contributed by atoms with Crippen LogP contribution in [0.5, 0.6) is 5.75 Å². The Morgan fingerprint density at radius 2 is 2.06 bits per heavy atom. The Bertz CT molecular complexity index is 1110. The molecule has 0 spiro atoms. The number of benzene rings is 2. The number of likely N-dealkylation sites (tertiary alicyclic amines) is 1. The summed E-state index contributed by atoms with van der Waals surface area (Å²) in [4.78, 5) is 6.22. The standard InChI is InChI=1S/C21H23ClN4O3S2/c22-18-13-17(31(27,28)25-21-24-9-11-30-21)6-7-19(18)29-16-8-10-26(20(23)12-16)14-15-4-2-1-3-5-15/h1-7,9,11,13,16,20H,8,10,12,14,23H2,(H,24,25)/t16-,20-/m0/s1. The van der Waals surface area contributed by atoms with Gasteiger partial charge in [-0.2, -0.15) is 0 Å². The minimum atomic E-state index is -3.77. The Morgan fingerprint density at radius 1 is 1.26 bits per heavy atom. The van der Waals surface area contributed by atoms with Gasteiger partial charge in [0.1, 0.15) is 11.9 Å². The maximum Gasteiger partial charge on any atom is 0.263 e. The SMILES string of the molecule is N[C@@H]1C[C@@H](Oc2ccc(S(=O)(=O)Nc3nccs3)cc2Cl)CCN1Cc1ccccc1. The molecule has 164 valence electrons. The summed E-state index contributed by atoms with van der Waals surface area (Å²) in [5, 5.41) is 2.23. The molecule has 0 amide bonds. The Kier molecular flexibility index (Phi) is 6.78. The van der Waals surface area contributed by atoms with Crippen molar-refractivity contribution < 1.29 is 13.2 Å². The highest BCUT2D eigenvalue weighted by Gasteiger charge is 2.28. The lowest BCUT2D eigenvalue weighted by molar-refractivity contribution is 0.0536. The van der Waals surface area contributed by atoms with Gasteiger partial charge in [0.2, 0.25) is 0 Å². The second-order valence-electron chi connectivity index (χ2n) is 7.32. The number of rotatable bonds is 7. The molecule has 0 radical (unpaired) electrons. The third-order valence-electron chi connectivity index (χ3n) is 5.10. The number of nitrogens with two attached hydrogens (primary N) is 1. The van der Waals surface area contributed by atoms with E-state index >= 15 is 0 Å². The van der Waals surface area contributed by atoms with Crippen LogP contribution in [0.2, 0.25) is 5.02 Å². The van der Waals surface area contributed by atoms with Gasteiger partial charge in [0.15, 0.2) is 5.13 Å². The smallest absolute Gasteiger partial charge is 0.263 e. The molecular weight excluding hydrogens is 456 g/mol. The number of thiazole rings is 1. The molecule has 2 atom stereocenters. The number of nitrogens with one attached hydrogen (secondary N) is 1. The third kappa shape index (κ3) is 5.55. The predicted molar refractivity (Wildman–Crippen MR) is 123 cm³/mol. The molecular formula is C21H23ClN4O3S2. The van der Waals surface area contributed by atoms with Gasteiger partial charge in [-0.1, -0.05) is 41.9 Å². The first-order valence-electron chi connectivity index (χ1n) is 9.83. The Labute approximate surface area is 190 Å². The van der Waals surface area contributed by atoms with Crippen molar-refractivity contribution in [2.45, 2.75) is 36.6 Å². The largest absolute Gasteiger partial charge is 0.489 e. The normalized spacial score (nSPS) is 19.8. The van der Waals surface area contributed by atoms with Crippen LogP contribution in [-0.4, -0.2) is 37.1 Å². The predicted octanol–water partition coefficient (Wildman–Crippen LogP) is 3.93. The monoisotopic (exact) mass is 478 g/mol. The van der Waals surface area contributed by atoms with Crippen LogP contribution in [0.1, 0.15) is 18.4 Å². The molecule has 0 saturated carbocycles. The van der Waals surface area contributed by atoms with Gasteiger partial charge in [0.05, 0.1) is 16.1 Å². The highest BCUT2D eigenvalue weighted by atomic mass is 35.5. The van der Waals surface area contributed by atoms with Gasteiger partial charge in [-0.3, -0.25) is 9.62 Å². The zero-order chi connectivity index (χ0) is 21.8. The van der Waals surface area contributed by atoms with Crippen LogP contribution in [0.25, 0.3) is 0 Å². The fraction of sp³-hybridized carbons (Fsp3) is 0.286. The number of halogens is 1. The van der Waals surface area contributed by atoms with Gasteiger partial charge >= 0.3 is 0 Å². The molecule has 4 rings (SSSR count). The minimum absolute atomic E-state index is 0.0504. The summed E-state index contributed by atoms with van der Waals surface area (Å²) >= 11 is 7.54. The molecule has 1 aromatic heterocycles. The van der Waals surface area contributed by atoms with Crippen molar-refractivity contribution in [2.75, 3.05) is 11.3 Å². The maximum absolute atomic E-state index is 12.5. The van der Waals surface area contributed by atoms with Crippen LogP contribution >= 0.6 is 22.9 Å². The average Bonchev–Trinajstić information content (AvgIpc) is 3.24. The van der Waals surface area contributed by atoms with E-state index in [1.54, 1.807) is 11.4 Å². The third-order valence-corrected chi connectivity index (χ3v) is 7.55. The number of sulfonamides is 1. The second-order valence-corrected chi connectivity index (χ2v) is 10.3. The van der Waals surface area contributed by atoms with E-state index in [1.807, 2.05) is 18.2 Å². The van der Waals surface area contributed by atoms with Crippen molar-refractivity contribution in [3.05, 3.63) is 70.7 Å². The number of anilines is 1. The van der Waals surface area contributed by atoms with Crippen molar-refractivity contribution in [3.63, 3.8) is 0 Å². The van der Waals surface area contributed by atoms with E-state index in [9.17, 15) is 8.42 Å². The van der Waals surface area contributed by atoms with E-state index < -0.39 is 10.0 Å². The molecule has 0 bridgehead atoms. The lowest BCUT2D eigenvalue weighted by Gasteiger charge is -2.37. The Balaban J connectivity index is 1.37. The number of hydrogen-bond acceptors (Lipinski definition) is 7. The molecule has 2 heterocycles. The van der Waals surface area contributed by atoms with Crippen LogP contribution in [0.3, 0.4) is 0 Å². The molecule has 0 unspecified atom stereocenters. The summed E-state index contributed by atoms with van der Waals surface area (Å²) in [5.74, 6) is 0.448. The van der Waals surface area contributed by atoms with Crippen molar-refractivity contribution in [1.82, 2.24) is 9.88 Å². The number of ether oxygens (including phenoxy) is 1. The lowest BCUT2D eigenvalue weighted by atomic mass is 10.0. The van der Waals surface area contributed by atoms with Crippen molar-refractivity contribution in [1.29, 1.82) is 0 Å². The van der Waals surface area contributed by atoms with Gasteiger partial charge in [-0.15, -0.1) is 11.3 Å². The first kappa shape index (κ1) is 22.0. The molecule has 3 N–H and O–H groups in total. The van der Waals surface area contributed by atoms with Crippen LogP contribution < -0.4 is 15.2 Å². The van der Waals surface area contributed by atoms with Crippen molar-refractivity contribution >= 4 is 38.1 Å². The Hall–Kier alpha value is -2.17. The van der Waals surface area contributed by atoms with Gasteiger partial charge < -0.3 is 10.5 Å². The van der Waals surface area contributed by atoms with Crippen LogP contribution in [0.15, 0.2) is 65.0 Å². The molecule has 0 aliphatic carbocycles. The Morgan fingerprint density at radius 3 is 2.74 bits per heavy atom. The lowest BCUT2D eigenvalue weighted by Crippen LogP contribution is -2.50. The molecule has 1 aliphatic rings. The van der Waals surface area contributed by atoms with E-state index in [4.69, 9.17) is 22.1 Å². The number of aromatic nitrogens is 1. The summed E-state index contributed by atoms with van der Waals surface area (Å²) in [6.45, 7) is 1.61. The zero-order valence-corrected chi connectivity index (χ0v) is 19.0. The average molecular weight is 479 g/mol. The van der Waals surface area contributed by atoms with E-state index in [0.717, 1.165) is 19.5 Å². The molecule has 2 aromatic carbocycles. The maximum atomic E-state index is 12.5. The molecule has 31 heavy (non-hydrogen) atoms. The van der Waals surface area contributed by atoms with Crippen LogP contribution in [0, 0.1) is 0 Å². The van der Waals surface area contributed by atoms with Gasteiger partial charge in [0.25, 0.3) is 10.0 Å². The molecule has 1 fully saturated rings. The fourth-order valence-electron chi connectivity index (χ4n) is 3.50. The first-order valence-corrected chi connectivity index (χ1v) is 12.6. The molecule has 1 saturated heterocycles. The topological polar surface area (TPSA) is 97.5 Å². The highest BCUT2D eigenvalue weighted by Crippen LogP contribution is 2.31. The van der Waals surface area contributed by atoms with Gasteiger partial charge in [-0.05, 0) is 30.2 Å². The summed E-state index contributed by atoms with van der Waals surface area (Å²) in [6.07, 6.45) is 2.79. The molecule has 7 nitrogen and oxygen atoms in total. The van der Waals surface area contributed by atoms with Gasteiger partial charge in [0, 0.05) is 31.1 Å². The van der Waals surface area contributed by atoms with Crippen LogP contribution in [0.4, 0.5) is 5.13 Å². The van der Waals surface area contributed by atoms with Gasteiger partial charge in [-0.25, -0.2) is 13.4 Å². The zero-order valence-electron chi connectivity index (χ0n) is 16.6. The first-order chi connectivity index (χ1) is 14.9. The molecule has 3 aromatic rings. The number of nitrogens with zero attached hydrogens (tertiary/aromatic N) is 2. The van der Waals surface area contributed by atoms with E-state index in [1.165, 1.54) is 35.2 Å². The summed E-state index contributed by atoms with van der Waals surface area (Å²) in [7, 11) is -3.77. The summed E-state index contributed by atoms with van der Waals surface area (Å²) in [5.41, 5.74) is 7.60. The highest BCUT2D eigenvalue weighted by molar-refractivity contribution is 7.93. The minimum Gasteiger partial charge on any atom is -0.489 e. The van der Waals surface area contributed by atoms with Crippen molar-refractivity contribution in [3.8, 4) is 5.75 Å². The van der Waals surface area contributed by atoms with E-state index in [-0.39, 0.29) is 22.2 Å². The van der Waals surface area contributed by atoms with Crippen LogP contribution in [-0.2, 0) is 16.6 Å².